The van der Waals surface area contributed by atoms with Crippen molar-refractivity contribution in [2.24, 2.45) is 0 Å². The molecule has 3 atom stereocenters. The summed E-state index contributed by atoms with van der Waals surface area (Å²) in [5.41, 5.74) is 0.595. The standard InChI is InChI=1S/C15H24N2O3S/c1-11-6-4-7-12(2)17(11)16-21(19,20)15-9-5-8-14(10-15)13(3)18/h5,8-13,16,18H,4,6-7H2,1-3H3. The fraction of sp³-hybridized carbons (Fsp3) is 0.600. The maximum absolute atomic E-state index is 12.5. The molecule has 0 radical (unpaired) electrons. The summed E-state index contributed by atoms with van der Waals surface area (Å²) in [6.07, 6.45) is 2.41. The molecule has 118 valence electrons. The minimum atomic E-state index is -3.62. The number of benzene rings is 1. The molecule has 1 aliphatic rings. The zero-order valence-corrected chi connectivity index (χ0v) is 13.6. The van der Waals surface area contributed by atoms with Crippen molar-refractivity contribution in [3.8, 4) is 0 Å². The molecule has 0 bridgehead atoms. The Balaban J connectivity index is 2.23. The van der Waals surface area contributed by atoms with E-state index in [-0.39, 0.29) is 17.0 Å². The summed E-state index contributed by atoms with van der Waals surface area (Å²) in [5.74, 6) is 0. The average molecular weight is 312 g/mol. The predicted molar refractivity (Wildman–Crippen MR) is 82.0 cm³/mol. The van der Waals surface area contributed by atoms with Gasteiger partial charge in [0, 0.05) is 12.1 Å². The minimum Gasteiger partial charge on any atom is -0.389 e. The van der Waals surface area contributed by atoms with Crippen LogP contribution >= 0.6 is 0 Å². The van der Waals surface area contributed by atoms with Crippen LogP contribution in [0.3, 0.4) is 0 Å². The number of nitrogens with one attached hydrogen (secondary N) is 1. The molecule has 1 fully saturated rings. The van der Waals surface area contributed by atoms with Gasteiger partial charge >= 0.3 is 0 Å². The van der Waals surface area contributed by atoms with E-state index < -0.39 is 16.1 Å². The second-order valence-electron chi connectivity index (χ2n) is 5.88. The Labute approximate surface area is 127 Å². The third-order valence-corrected chi connectivity index (χ3v) is 5.40. The van der Waals surface area contributed by atoms with Gasteiger partial charge in [-0.15, -0.1) is 4.83 Å². The van der Waals surface area contributed by atoms with Gasteiger partial charge in [0.1, 0.15) is 0 Å². The zero-order valence-electron chi connectivity index (χ0n) is 12.8. The summed E-state index contributed by atoms with van der Waals surface area (Å²) in [6, 6.07) is 6.81. The predicted octanol–water partition coefficient (Wildman–Crippen LogP) is 2.20. The van der Waals surface area contributed by atoms with Gasteiger partial charge in [-0.05, 0) is 51.3 Å². The number of hydrogen-bond acceptors (Lipinski definition) is 4. The SMILES string of the molecule is CC(O)c1cccc(S(=O)(=O)NN2C(C)CCCC2C)c1. The molecule has 0 aliphatic carbocycles. The molecule has 0 aromatic heterocycles. The fourth-order valence-corrected chi connectivity index (χ4v) is 4.03. The van der Waals surface area contributed by atoms with Crippen molar-refractivity contribution in [3.05, 3.63) is 29.8 Å². The highest BCUT2D eigenvalue weighted by Crippen LogP contribution is 2.23. The Morgan fingerprint density at radius 3 is 2.48 bits per heavy atom. The van der Waals surface area contributed by atoms with Crippen molar-refractivity contribution >= 4 is 10.0 Å². The van der Waals surface area contributed by atoms with Crippen LogP contribution in [0.5, 0.6) is 0 Å². The van der Waals surface area contributed by atoms with E-state index in [9.17, 15) is 13.5 Å². The first-order valence-electron chi connectivity index (χ1n) is 7.40. The molecule has 1 saturated heterocycles. The monoisotopic (exact) mass is 312 g/mol. The molecule has 3 unspecified atom stereocenters. The van der Waals surface area contributed by atoms with Crippen LogP contribution in [-0.2, 0) is 10.0 Å². The van der Waals surface area contributed by atoms with Crippen molar-refractivity contribution in [1.29, 1.82) is 0 Å². The number of aliphatic hydroxyl groups excluding tert-OH is 1. The summed E-state index contributed by atoms with van der Waals surface area (Å²) < 4.78 is 25.1. The largest absolute Gasteiger partial charge is 0.389 e. The number of hydrogen-bond donors (Lipinski definition) is 2. The maximum atomic E-state index is 12.5. The van der Waals surface area contributed by atoms with E-state index in [1.165, 1.54) is 6.07 Å². The molecule has 6 heteroatoms. The van der Waals surface area contributed by atoms with E-state index in [0.717, 1.165) is 19.3 Å². The summed E-state index contributed by atoms with van der Waals surface area (Å²) in [7, 11) is -3.62. The van der Waals surface area contributed by atoms with Crippen LogP contribution in [0.15, 0.2) is 29.2 Å². The Morgan fingerprint density at radius 2 is 1.90 bits per heavy atom. The number of piperidine rings is 1. The summed E-state index contributed by atoms with van der Waals surface area (Å²) in [6.45, 7) is 5.68. The Kier molecular flexibility index (Phi) is 5.03. The number of aliphatic hydroxyl groups is 1. The molecule has 5 nitrogen and oxygen atoms in total. The van der Waals surface area contributed by atoms with E-state index in [0.29, 0.717) is 5.56 Å². The summed E-state index contributed by atoms with van der Waals surface area (Å²) in [4.78, 5) is 2.89. The lowest BCUT2D eigenvalue weighted by molar-refractivity contribution is 0.0790. The molecule has 0 saturated carbocycles. The average Bonchev–Trinajstić information content (AvgIpc) is 2.43. The van der Waals surface area contributed by atoms with Crippen molar-refractivity contribution < 1.29 is 13.5 Å². The third-order valence-electron chi connectivity index (χ3n) is 4.07. The zero-order chi connectivity index (χ0) is 15.6. The highest BCUT2D eigenvalue weighted by Gasteiger charge is 2.29. The van der Waals surface area contributed by atoms with E-state index in [2.05, 4.69) is 4.83 Å². The first-order valence-corrected chi connectivity index (χ1v) is 8.88. The quantitative estimate of drug-likeness (QED) is 0.894. The lowest BCUT2D eigenvalue weighted by Crippen LogP contribution is -2.53. The highest BCUT2D eigenvalue weighted by atomic mass is 32.2. The van der Waals surface area contributed by atoms with Crippen LogP contribution in [0, 0.1) is 0 Å². The smallest absolute Gasteiger partial charge is 0.253 e. The normalized spacial score (nSPS) is 25.7. The van der Waals surface area contributed by atoms with Crippen LogP contribution in [0.1, 0.15) is 51.7 Å². The molecule has 0 amide bonds. The first kappa shape index (κ1) is 16.4. The Morgan fingerprint density at radius 1 is 1.29 bits per heavy atom. The van der Waals surface area contributed by atoms with E-state index in [1.807, 2.05) is 18.9 Å². The molecular formula is C15H24N2O3S. The van der Waals surface area contributed by atoms with Gasteiger partial charge in [0.15, 0.2) is 0 Å². The molecule has 1 aromatic rings. The Hall–Kier alpha value is -0.950. The first-order chi connectivity index (χ1) is 9.81. The molecule has 2 rings (SSSR count). The van der Waals surface area contributed by atoms with Crippen LogP contribution in [-0.4, -0.2) is 30.6 Å². The van der Waals surface area contributed by atoms with Gasteiger partial charge in [-0.3, -0.25) is 0 Å². The number of nitrogens with zero attached hydrogens (tertiary/aromatic N) is 1. The molecule has 1 aromatic carbocycles. The molecular weight excluding hydrogens is 288 g/mol. The summed E-state index contributed by atoms with van der Waals surface area (Å²) in [5, 5.41) is 11.4. The fourth-order valence-electron chi connectivity index (χ4n) is 2.73. The highest BCUT2D eigenvalue weighted by molar-refractivity contribution is 7.89. The number of sulfonamides is 1. The van der Waals surface area contributed by atoms with Gasteiger partial charge in [-0.25, -0.2) is 13.4 Å². The lowest BCUT2D eigenvalue weighted by Gasteiger charge is -2.38. The van der Waals surface area contributed by atoms with Crippen molar-refractivity contribution in [1.82, 2.24) is 9.84 Å². The van der Waals surface area contributed by atoms with Crippen LogP contribution in [0.25, 0.3) is 0 Å². The second kappa shape index (κ2) is 6.44. The van der Waals surface area contributed by atoms with Crippen LogP contribution in [0.4, 0.5) is 0 Å². The number of hydrazine groups is 1. The summed E-state index contributed by atoms with van der Waals surface area (Å²) >= 11 is 0. The van der Waals surface area contributed by atoms with Crippen LogP contribution < -0.4 is 4.83 Å². The molecule has 21 heavy (non-hydrogen) atoms. The van der Waals surface area contributed by atoms with Gasteiger partial charge in [0.25, 0.3) is 10.0 Å². The van der Waals surface area contributed by atoms with E-state index in [1.54, 1.807) is 25.1 Å². The molecule has 1 heterocycles. The maximum Gasteiger partial charge on any atom is 0.253 e. The van der Waals surface area contributed by atoms with Crippen molar-refractivity contribution in [2.75, 3.05) is 0 Å². The second-order valence-corrected chi connectivity index (χ2v) is 7.54. The van der Waals surface area contributed by atoms with E-state index in [4.69, 9.17) is 0 Å². The lowest BCUT2D eigenvalue weighted by atomic mass is 10.0. The molecule has 1 aliphatic heterocycles. The van der Waals surface area contributed by atoms with Crippen molar-refractivity contribution in [3.63, 3.8) is 0 Å². The third kappa shape index (κ3) is 3.83. The van der Waals surface area contributed by atoms with Gasteiger partial charge in [0.2, 0.25) is 0 Å². The molecule has 2 N–H and O–H groups in total. The van der Waals surface area contributed by atoms with Gasteiger partial charge in [-0.1, -0.05) is 18.6 Å². The van der Waals surface area contributed by atoms with Crippen molar-refractivity contribution in [2.45, 2.75) is 63.1 Å². The van der Waals surface area contributed by atoms with Crippen LogP contribution in [0.2, 0.25) is 0 Å². The van der Waals surface area contributed by atoms with E-state index >= 15 is 0 Å². The van der Waals surface area contributed by atoms with Gasteiger partial charge in [-0.2, -0.15) is 0 Å². The Bertz CT molecular complexity index is 576. The number of rotatable bonds is 4. The minimum absolute atomic E-state index is 0.184. The van der Waals surface area contributed by atoms with Gasteiger partial charge in [0.05, 0.1) is 11.0 Å². The molecule has 0 spiro atoms. The topological polar surface area (TPSA) is 69.6 Å². The van der Waals surface area contributed by atoms with Gasteiger partial charge < -0.3 is 5.11 Å².